The molecule has 1 fully saturated rings. The summed E-state index contributed by atoms with van der Waals surface area (Å²) in [5, 5.41) is 4.90. The first kappa shape index (κ1) is 51.4. The number of esters is 1. The molecule has 19 nitrogen and oxygen atoms in total. The average molecular weight is 868 g/mol. The van der Waals surface area contributed by atoms with Crippen LogP contribution < -0.4 is 10.6 Å². The molecule has 19 heteroatoms. The lowest BCUT2D eigenvalue weighted by atomic mass is 10.0. The number of benzene rings is 1. The monoisotopic (exact) mass is 867 g/mol. The minimum Gasteiger partial charge on any atom is -0.460 e. The Balaban J connectivity index is 1.01. The fraction of sp³-hybridized carbons (Fsp3) is 0.714. The van der Waals surface area contributed by atoms with Crippen molar-refractivity contribution in [1.82, 2.24) is 10.2 Å². The van der Waals surface area contributed by atoms with Crippen LogP contribution >= 0.6 is 0 Å². The molecule has 61 heavy (non-hydrogen) atoms. The van der Waals surface area contributed by atoms with Gasteiger partial charge in [-0.3, -0.25) is 39.0 Å². The molecule has 1 atom stereocenters. The van der Waals surface area contributed by atoms with Crippen molar-refractivity contribution in [3.8, 4) is 0 Å². The van der Waals surface area contributed by atoms with E-state index in [9.17, 15) is 28.8 Å². The summed E-state index contributed by atoms with van der Waals surface area (Å²) in [5.41, 5.74) is -0.117. The molecular weight excluding hydrogens is 802 g/mol. The number of hydrogen-bond donors (Lipinski definition) is 2. The molecule has 2 N–H and O–H groups in total. The van der Waals surface area contributed by atoms with Crippen LogP contribution in [0, 0.1) is 0 Å². The van der Waals surface area contributed by atoms with Crippen molar-refractivity contribution in [3.63, 3.8) is 0 Å². The minimum absolute atomic E-state index is 0.0254. The van der Waals surface area contributed by atoms with Gasteiger partial charge in [-0.1, -0.05) is 12.5 Å². The lowest BCUT2D eigenvalue weighted by Crippen LogP contribution is -2.54. The van der Waals surface area contributed by atoms with Crippen LogP contribution in [-0.2, 0) is 66.5 Å². The maximum atomic E-state index is 13.2. The number of amides is 5. The molecule has 5 amide bonds. The quantitative estimate of drug-likeness (QED) is 0.0568. The van der Waals surface area contributed by atoms with Crippen LogP contribution in [0.2, 0.25) is 0 Å². The largest absolute Gasteiger partial charge is 0.460 e. The van der Waals surface area contributed by atoms with E-state index in [-0.39, 0.29) is 54.4 Å². The molecule has 1 saturated heterocycles. The highest BCUT2D eigenvalue weighted by Crippen LogP contribution is 2.32. The first-order chi connectivity index (χ1) is 29.5. The van der Waals surface area contributed by atoms with Gasteiger partial charge in [0.05, 0.1) is 136 Å². The van der Waals surface area contributed by atoms with E-state index in [0.29, 0.717) is 125 Å². The fourth-order valence-electron chi connectivity index (χ4n) is 5.91. The summed E-state index contributed by atoms with van der Waals surface area (Å²) in [7, 11) is 0. The van der Waals surface area contributed by atoms with Crippen molar-refractivity contribution in [2.45, 2.75) is 77.4 Å². The number of rotatable bonds is 35. The number of hydrogen-bond acceptors (Lipinski definition) is 16. The number of carbonyl (C=O) groups excluding carboxylic acids is 6. The van der Waals surface area contributed by atoms with Crippen LogP contribution in [0.25, 0.3) is 0 Å². The Morgan fingerprint density at radius 1 is 0.623 bits per heavy atom. The van der Waals surface area contributed by atoms with Crippen molar-refractivity contribution in [3.05, 3.63) is 29.3 Å². The SMILES string of the molecule is CC(C)(C)OC(=O)CCOCCOCCOCCOCCOCCOCCOCCOCCOCCCCCC(=O)Nc1cccc2c1C(=O)N(C1CCC(=O)NC1=O)C2=O. The molecule has 2 aliphatic heterocycles. The van der Waals surface area contributed by atoms with E-state index in [1.165, 1.54) is 6.07 Å². The molecular formula is C42H65N3O16. The van der Waals surface area contributed by atoms with Gasteiger partial charge in [0.15, 0.2) is 0 Å². The number of nitrogens with one attached hydrogen (secondary N) is 2. The van der Waals surface area contributed by atoms with E-state index in [0.717, 1.165) is 17.7 Å². The first-order valence-electron chi connectivity index (χ1n) is 21.0. The van der Waals surface area contributed by atoms with E-state index < -0.39 is 35.3 Å². The Morgan fingerprint density at radius 2 is 1.10 bits per heavy atom. The number of anilines is 1. The van der Waals surface area contributed by atoms with E-state index in [4.69, 9.17) is 47.4 Å². The molecule has 1 aromatic carbocycles. The smallest absolute Gasteiger partial charge is 0.308 e. The molecule has 1 unspecified atom stereocenters. The second kappa shape index (κ2) is 30.2. The number of unbranched alkanes of at least 4 members (excludes halogenated alkanes) is 2. The van der Waals surface area contributed by atoms with Crippen LogP contribution in [0.5, 0.6) is 0 Å². The number of carbonyl (C=O) groups is 6. The Morgan fingerprint density at radius 3 is 1.57 bits per heavy atom. The van der Waals surface area contributed by atoms with Crippen LogP contribution in [-0.4, -0.2) is 171 Å². The highest BCUT2D eigenvalue weighted by Gasteiger charge is 2.45. The van der Waals surface area contributed by atoms with Crippen LogP contribution in [0.4, 0.5) is 5.69 Å². The molecule has 0 spiro atoms. The van der Waals surface area contributed by atoms with Gasteiger partial charge in [0.25, 0.3) is 11.8 Å². The van der Waals surface area contributed by atoms with Crippen molar-refractivity contribution >= 4 is 41.2 Å². The summed E-state index contributed by atoms with van der Waals surface area (Å²) < 4.78 is 54.5. The maximum absolute atomic E-state index is 13.2. The predicted octanol–water partition coefficient (Wildman–Crippen LogP) is 2.47. The van der Waals surface area contributed by atoms with Crippen LogP contribution in [0.3, 0.4) is 0 Å². The van der Waals surface area contributed by atoms with E-state index >= 15 is 0 Å². The summed E-state index contributed by atoms with van der Waals surface area (Å²) in [6.45, 7) is 13.5. The molecule has 344 valence electrons. The van der Waals surface area contributed by atoms with Gasteiger partial charge in [0.1, 0.15) is 11.6 Å². The molecule has 0 aromatic heterocycles. The summed E-state index contributed by atoms with van der Waals surface area (Å²) >= 11 is 0. The Labute approximate surface area is 358 Å². The Hall–Kier alpha value is -3.92. The van der Waals surface area contributed by atoms with E-state index in [1.54, 1.807) is 12.1 Å². The molecule has 1 aromatic rings. The summed E-state index contributed by atoms with van der Waals surface area (Å²) in [4.78, 5) is 75.2. The second-order valence-electron chi connectivity index (χ2n) is 14.9. The molecule has 0 saturated carbocycles. The third-order valence-corrected chi connectivity index (χ3v) is 8.78. The third kappa shape index (κ3) is 21.6. The van der Waals surface area contributed by atoms with E-state index in [2.05, 4.69) is 10.6 Å². The van der Waals surface area contributed by atoms with Gasteiger partial charge in [-0.15, -0.1) is 0 Å². The average Bonchev–Trinajstić information content (AvgIpc) is 3.46. The lowest BCUT2D eigenvalue weighted by Gasteiger charge is -2.27. The van der Waals surface area contributed by atoms with Crippen molar-refractivity contribution in [2.75, 3.05) is 124 Å². The zero-order chi connectivity index (χ0) is 44.1. The molecule has 0 radical (unpaired) electrons. The zero-order valence-corrected chi connectivity index (χ0v) is 36.0. The number of piperidine rings is 1. The molecule has 3 rings (SSSR count). The maximum Gasteiger partial charge on any atom is 0.308 e. The number of nitrogens with zero attached hydrogens (tertiary/aromatic N) is 1. The molecule has 0 bridgehead atoms. The summed E-state index contributed by atoms with van der Waals surface area (Å²) in [5.74, 6) is -3.01. The number of ether oxygens (including phenoxy) is 10. The summed E-state index contributed by atoms with van der Waals surface area (Å²) in [6.07, 6.45) is 2.64. The Kier molecular flexibility index (Phi) is 25.4. The predicted molar refractivity (Wildman–Crippen MR) is 218 cm³/mol. The molecule has 2 heterocycles. The van der Waals surface area contributed by atoms with Gasteiger partial charge in [0.2, 0.25) is 17.7 Å². The Bertz CT molecular complexity index is 1500. The third-order valence-electron chi connectivity index (χ3n) is 8.78. The number of fused-ring (bicyclic) bond motifs is 1. The van der Waals surface area contributed by atoms with Crippen LogP contribution in [0.1, 0.15) is 86.4 Å². The second-order valence-corrected chi connectivity index (χ2v) is 14.9. The topological polar surface area (TPSA) is 222 Å². The fourth-order valence-corrected chi connectivity index (χ4v) is 5.91. The molecule has 2 aliphatic rings. The lowest BCUT2D eigenvalue weighted by molar-refractivity contribution is -0.156. The first-order valence-corrected chi connectivity index (χ1v) is 21.0. The van der Waals surface area contributed by atoms with E-state index in [1.807, 2.05) is 20.8 Å². The van der Waals surface area contributed by atoms with Gasteiger partial charge in [-0.25, -0.2) is 0 Å². The molecule has 0 aliphatic carbocycles. The number of imide groups is 2. The standard InChI is InChI=1S/C42H65N3O16/c1-42(2,3)61-37(48)13-15-53-17-19-55-21-23-57-25-27-59-29-31-60-30-28-58-26-24-56-22-20-54-18-16-52-14-6-4-5-10-35(46)43-33-9-7-8-32-38(33)41(51)45(40(32)50)34-11-12-36(47)44-39(34)49/h7-9,34H,4-6,10-31H2,1-3H3,(H,43,46)(H,44,47,49). The highest BCUT2D eigenvalue weighted by molar-refractivity contribution is 6.26. The van der Waals surface area contributed by atoms with Gasteiger partial charge in [-0.2, -0.15) is 0 Å². The minimum atomic E-state index is -1.08. The van der Waals surface area contributed by atoms with Gasteiger partial charge in [-0.05, 0) is 52.2 Å². The normalized spacial score (nSPS) is 15.3. The zero-order valence-electron chi connectivity index (χ0n) is 36.0. The van der Waals surface area contributed by atoms with Crippen molar-refractivity contribution in [2.24, 2.45) is 0 Å². The van der Waals surface area contributed by atoms with Gasteiger partial charge < -0.3 is 52.7 Å². The van der Waals surface area contributed by atoms with Gasteiger partial charge in [0, 0.05) is 19.4 Å². The van der Waals surface area contributed by atoms with Gasteiger partial charge >= 0.3 is 5.97 Å². The van der Waals surface area contributed by atoms with Crippen molar-refractivity contribution in [1.29, 1.82) is 0 Å². The highest BCUT2D eigenvalue weighted by atomic mass is 16.6. The summed E-state index contributed by atoms with van der Waals surface area (Å²) in [6, 6.07) is 3.52. The van der Waals surface area contributed by atoms with Crippen molar-refractivity contribution < 1.29 is 76.1 Å². The van der Waals surface area contributed by atoms with Crippen LogP contribution in [0.15, 0.2) is 18.2 Å².